The van der Waals surface area contributed by atoms with E-state index in [4.69, 9.17) is 14.7 Å². The Labute approximate surface area is 125 Å². The second-order valence-corrected chi connectivity index (χ2v) is 4.90. The van der Waals surface area contributed by atoms with Crippen LogP contribution in [0, 0.1) is 0 Å². The first-order valence-corrected chi connectivity index (χ1v) is 7.10. The highest BCUT2D eigenvalue weighted by Crippen LogP contribution is 2.30. The third kappa shape index (κ3) is 3.73. The van der Waals surface area contributed by atoms with Gasteiger partial charge in [-0.25, -0.2) is 0 Å². The molecule has 0 saturated carbocycles. The van der Waals surface area contributed by atoms with Crippen molar-refractivity contribution in [2.45, 2.75) is 19.8 Å². The molecule has 0 heterocycles. The standard InChI is InChI=1S/C17H21NO3/c1-13(18-19)15-10-9-14-7-3-4-8-16(14)17(15)21-12-6-5-11-20-2/h3-4,7-10,19H,5-6,11-12H2,1-2H3/b18-13+. The van der Waals surface area contributed by atoms with Gasteiger partial charge in [0.25, 0.3) is 0 Å². The zero-order valence-corrected chi connectivity index (χ0v) is 12.5. The molecule has 2 aromatic rings. The van der Waals surface area contributed by atoms with E-state index in [1.54, 1.807) is 14.0 Å². The summed E-state index contributed by atoms with van der Waals surface area (Å²) < 4.78 is 11.0. The van der Waals surface area contributed by atoms with E-state index in [2.05, 4.69) is 5.16 Å². The second-order valence-electron chi connectivity index (χ2n) is 4.90. The van der Waals surface area contributed by atoms with Crippen LogP contribution in [0.3, 0.4) is 0 Å². The summed E-state index contributed by atoms with van der Waals surface area (Å²) in [7, 11) is 1.70. The Bertz CT molecular complexity index is 622. The van der Waals surface area contributed by atoms with Crippen LogP contribution < -0.4 is 4.74 Å². The lowest BCUT2D eigenvalue weighted by atomic mass is 10.0. The Balaban J connectivity index is 2.28. The normalized spacial score (nSPS) is 11.8. The number of hydrogen-bond acceptors (Lipinski definition) is 4. The molecular weight excluding hydrogens is 266 g/mol. The molecule has 0 bridgehead atoms. The van der Waals surface area contributed by atoms with Crippen LogP contribution in [-0.4, -0.2) is 31.2 Å². The number of methoxy groups -OCH3 is 1. The maximum Gasteiger partial charge on any atom is 0.136 e. The molecule has 4 heteroatoms. The number of hydrogen-bond donors (Lipinski definition) is 1. The van der Waals surface area contributed by atoms with Crippen molar-refractivity contribution in [1.82, 2.24) is 0 Å². The summed E-state index contributed by atoms with van der Waals surface area (Å²) in [6.45, 7) is 3.12. The van der Waals surface area contributed by atoms with Gasteiger partial charge in [0, 0.05) is 24.7 Å². The van der Waals surface area contributed by atoms with Gasteiger partial charge in [-0.15, -0.1) is 0 Å². The first-order chi connectivity index (χ1) is 10.3. The third-order valence-electron chi connectivity index (χ3n) is 3.41. The second kappa shape index (κ2) is 7.64. The zero-order chi connectivity index (χ0) is 15.1. The van der Waals surface area contributed by atoms with Crippen molar-refractivity contribution in [1.29, 1.82) is 0 Å². The van der Waals surface area contributed by atoms with Gasteiger partial charge in [-0.05, 0) is 31.2 Å². The minimum Gasteiger partial charge on any atom is -0.492 e. The molecule has 0 atom stereocenters. The summed E-state index contributed by atoms with van der Waals surface area (Å²) in [6, 6.07) is 12.0. The number of benzene rings is 2. The van der Waals surface area contributed by atoms with E-state index in [1.807, 2.05) is 36.4 Å². The molecule has 0 aliphatic rings. The lowest BCUT2D eigenvalue weighted by Crippen LogP contribution is -2.05. The molecule has 0 radical (unpaired) electrons. The molecule has 0 aliphatic heterocycles. The fourth-order valence-corrected chi connectivity index (χ4v) is 2.26. The van der Waals surface area contributed by atoms with E-state index < -0.39 is 0 Å². The highest BCUT2D eigenvalue weighted by Gasteiger charge is 2.11. The highest BCUT2D eigenvalue weighted by atomic mass is 16.5. The smallest absolute Gasteiger partial charge is 0.136 e. The number of unbranched alkanes of at least 4 members (excludes halogenated alkanes) is 1. The van der Waals surface area contributed by atoms with E-state index >= 15 is 0 Å². The quantitative estimate of drug-likeness (QED) is 0.364. The average molecular weight is 287 g/mol. The summed E-state index contributed by atoms with van der Waals surface area (Å²) in [5.41, 5.74) is 1.37. The fraction of sp³-hybridized carbons (Fsp3) is 0.353. The third-order valence-corrected chi connectivity index (χ3v) is 3.41. The molecule has 0 aliphatic carbocycles. The Morgan fingerprint density at radius 3 is 2.62 bits per heavy atom. The lowest BCUT2D eigenvalue weighted by molar-refractivity contribution is 0.184. The van der Waals surface area contributed by atoms with Gasteiger partial charge in [0.05, 0.1) is 12.3 Å². The number of rotatable bonds is 7. The van der Waals surface area contributed by atoms with Gasteiger partial charge in [0.15, 0.2) is 0 Å². The minimum absolute atomic E-state index is 0.549. The van der Waals surface area contributed by atoms with Crippen molar-refractivity contribution >= 4 is 16.5 Å². The van der Waals surface area contributed by atoms with Crippen molar-refractivity contribution in [3.05, 3.63) is 42.0 Å². The summed E-state index contributed by atoms with van der Waals surface area (Å²) in [4.78, 5) is 0. The van der Waals surface area contributed by atoms with Crippen molar-refractivity contribution < 1.29 is 14.7 Å². The molecule has 0 amide bonds. The summed E-state index contributed by atoms with van der Waals surface area (Å²) in [6.07, 6.45) is 1.88. The number of ether oxygens (including phenoxy) is 2. The summed E-state index contributed by atoms with van der Waals surface area (Å²) >= 11 is 0. The van der Waals surface area contributed by atoms with Gasteiger partial charge in [0.2, 0.25) is 0 Å². The predicted octanol–water partition coefficient (Wildman–Crippen LogP) is 3.84. The van der Waals surface area contributed by atoms with E-state index in [0.717, 1.165) is 41.5 Å². The van der Waals surface area contributed by atoms with Crippen LogP contribution in [0.2, 0.25) is 0 Å². The first kappa shape index (κ1) is 15.3. The predicted molar refractivity (Wildman–Crippen MR) is 84.6 cm³/mol. The molecule has 21 heavy (non-hydrogen) atoms. The van der Waals surface area contributed by atoms with Crippen LogP contribution in [0.15, 0.2) is 41.6 Å². The van der Waals surface area contributed by atoms with Crippen LogP contribution >= 0.6 is 0 Å². The molecule has 0 saturated heterocycles. The van der Waals surface area contributed by atoms with E-state index in [-0.39, 0.29) is 0 Å². The fourth-order valence-electron chi connectivity index (χ4n) is 2.26. The minimum atomic E-state index is 0.549. The molecule has 0 unspecified atom stereocenters. The maximum absolute atomic E-state index is 9.04. The molecule has 112 valence electrons. The Hall–Kier alpha value is -2.07. The molecule has 0 aromatic heterocycles. The van der Waals surface area contributed by atoms with Crippen LogP contribution in [0.25, 0.3) is 10.8 Å². The number of fused-ring (bicyclic) bond motifs is 1. The Morgan fingerprint density at radius 1 is 1.10 bits per heavy atom. The van der Waals surface area contributed by atoms with E-state index in [0.29, 0.717) is 12.3 Å². The average Bonchev–Trinajstić information content (AvgIpc) is 2.53. The van der Waals surface area contributed by atoms with Crippen molar-refractivity contribution in [2.24, 2.45) is 5.16 Å². The Morgan fingerprint density at radius 2 is 1.86 bits per heavy atom. The molecular formula is C17H21NO3. The topological polar surface area (TPSA) is 51.0 Å². The first-order valence-electron chi connectivity index (χ1n) is 7.10. The largest absolute Gasteiger partial charge is 0.492 e. The number of nitrogens with zero attached hydrogens (tertiary/aromatic N) is 1. The van der Waals surface area contributed by atoms with Crippen molar-refractivity contribution in [3.63, 3.8) is 0 Å². The Kier molecular flexibility index (Phi) is 5.58. The van der Waals surface area contributed by atoms with Gasteiger partial charge in [-0.3, -0.25) is 0 Å². The molecule has 4 nitrogen and oxygen atoms in total. The molecule has 2 rings (SSSR count). The van der Waals surface area contributed by atoms with Gasteiger partial charge in [0.1, 0.15) is 5.75 Å². The molecule has 0 fully saturated rings. The maximum atomic E-state index is 9.04. The van der Waals surface area contributed by atoms with Crippen LogP contribution in [0.5, 0.6) is 5.75 Å². The monoisotopic (exact) mass is 287 g/mol. The lowest BCUT2D eigenvalue weighted by Gasteiger charge is -2.14. The van der Waals surface area contributed by atoms with Crippen LogP contribution in [0.4, 0.5) is 0 Å². The summed E-state index contributed by atoms with van der Waals surface area (Å²) in [5, 5.41) is 14.5. The van der Waals surface area contributed by atoms with E-state index in [9.17, 15) is 0 Å². The van der Waals surface area contributed by atoms with Crippen molar-refractivity contribution in [2.75, 3.05) is 20.3 Å². The molecule has 0 spiro atoms. The SMILES string of the molecule is COCCCCOc1c(/C(C)=N/O)ccc2ccccc12. The van der Waals surface area contributed by atoms with Gasteiger partial charge >= 0.3 is 0 Å². The van der Waals surface area contributed by atoms with Crippen LogP contribution in [0.1, 0.15) is 25.3 Å². The zero-order valence-electron chi connectivity index (χ0n) is 12.5. The van der Waals surface area contributed by atoms with Crippen molar-refractivity contribution in [3.8, 4) is 5.75 Å². The van der Waals surface area contributed by atoms with Gasteiger partial charge in [-0.2, -0.15) is 0 Å². The van der Waals surface area contributed by atoms with Crippen LogP contribution in [-0.2, 0) is 4.74 Å². The van der Waals surface area contributed by atoms with Gasteiger partial charge < -0.3 is 14.7 Å². The van der Waals surface area contributed by atoms with Gasteiger partial charge in [-0.1, -0.05) is 35.5 Å². The molecule has 2 aromatic carbocycles. The number of oxime groups is 1. The molecule has 1 N–H and O–H groups in total. The summed E-state index contributed by atoms with van der Waals surface area (Å²) in [5.74, 6) is 0.779. The highest BCUT2D eigenvalue weighted by molar-refractivity contribution is 6.06. The van der Waals surface area contributed by atoms with E-state index in [1.165, 1.54) is 0 Å².